The van der Waals surface area contributed by atoms with Crippen LogP contribution in [0.5, 0.6) is 0 Å². The van der Waals surface area contributed by atoms with Gasteiger partial charge in [0.2, 0.25) is 5.91 Å². The van der Waals surface area contributed by atoms with Crippen LogP contribution in [0.2, 0.25) is 0 Å². The van der Waals surface area contributed by atoms with Gasteiger partial charge in [-0.3, -0.25) is 4.79 Å². The molecule has 0 aromatic carbocycles. The van der Waals surface area contributed by atoms with Crippen LogP contribution in [-0.4, -0.2) is 87.5 Å². The standard InChI is InChI=1S/C50H97NO8/c1-3-5-7-9-11-13-15-16-17-18-19-20-21-22-23-24-25-26-27-28-29-30-32-34-36-38-40-46(54)51-43(42-58-50-49(57)48(56)47(55)45(41-52)59-50)44(53)39-37-35-33-31-14-12-10-8-6-4-2/h22-23,43-45,47-50,52-53,55-57H,3-21,24-42H2,1-2H3,(H,51,54)/b23-22-. The Morgan fingerprint density at radius 1 is 0.559 bits per heavy atom. The van der Waals surface area contributed by atoms with Crippen LogP contribution < -0.4 is 5.32 Å². The molecule has 1 amide bonds. The number of unbranched alkanes of at least 4 members (excludes halogenated alkanes) is 31. The van der Waals surface area contributed by atoms with Crippen molar-refractivity contribution in [3.8, 4) is 0 Å². The molecule has 1 aliphatic rings. The van der Waals surface area contributed by atoms with Gasteiger partial charge in [-0.25, -0.2) is 0 Å². The van der Waals surface area contributed by atoms with Gasteiger partial charge < -0.3 is 40.3 Å². The van der Waals surface area contributed by atoms with Crippen LogP contribution in [0.4, 0.5) is 0 Å². The van der Waals surface area contributed by atoms with Gasteiger partial charge in [0.25, 0.3) is 0 Å². The molecule has 350 valence electrons. The van der Waals surface area contributed by atoms with Crippen LogP contribution in [-0.2, 0) is 14.3 Å². The number of nitrogens with one attached hydrogen (secondary N) is 1. The van der Waals surface area contributed by atoms with Gasteiger partial charge in [0.15, 0.2) is 6.29 Å². The van der Waals surface area contributed by atoms with E-state index in [-0.39, 0.29) is 12.5 Å². The molecule has 0 aromatic heterocycles. The normalized spacial score (nSPS) is 20.7. The van der Waals surface area contributed by atoms with Crippen molar-refractivity contribution >= 4 is 5.91 Å². The van der Waals surface area contributed by atoms with Gasteiger partial charge in [-0.2, -0.15) is 0 Å². The molecule has 7 atom stereocenters. The first-order chi connectivity index (χ1) is 28.8. The zero-order valence-corrected chi connectivity index (χ0v) is 38.5. The van der Waals surface area contributed by atoms with Gasteiger partial charge in [-0.15, -0.1) is 0 Å². The summed E-state index contributed by atoms with van der Waals surface area (Å²) in [6.07, 6.45) is 41.0. The number of aliphatic hydroxyl groups excluding tert-OH is 5. The Morgan fingerprint density at radius 3 is 1.37 bits per heavy atom. The number of carbonyl (C=O) groups is 1. The molecule has 1 aliphatic heterocycles. The molecule has 0 radical (unpaired) electrons. The maximum Gasteiger partial charge on any atom is 0.220 e. The third-order valence-electron chi connectivity index (χ3n) is 12.4. The van der Waals surface area contributed by atoms with Crippen LogP contribution >= 0.6 is 0 Å². The van der Waals surface area contributed by atoms with Crippen molar-refractivity contribution in [1.29, 1.82) is 0 Å². The SMILES string of the molecule is CCCCCCCCCCCCCC/C=C\CCCCCCCCCCCCC(=O)NC(COC1OC(CO)C(O)C(O)C1O)C(O)CCCCCCCCCCCC. The lowest BCUT2D eigenvalue weighted by atomic mass is 9.99. The average molecular weight is 840 g/mol. The topological polar surface area (TPSA) is 149 Å². The van der Waals surface area contributed by atoms with Crippen molar-refractivity contribution in [1.82, 2.24) is 5.32 Å². The zero-order valence-electron chi connectivity index (χ0n) is 38.5. The van der Waals surface area contributed by atoms with E-state index in [1.54, 1.807) is 0 Å². The van der Waals surface area contributed by atoms with Gasteiger partial charge in [0.1, 0.15) is 24.4 Å². The second-order valence-electron chi connectivity index (χ2n) is 18.0. The van der Waals surface area contributed by atoms with Crippen LogP contribution in [0.1, 0.15) is 245 Å². The lowest BCUT2D eigenvalue weighted by Crippen LogP contribution is -2.60. The Balaban J connectivity index is 2.17. The third kappa shape index (κ3) is 31.4. The number of carbonyl (C=O) groups excluding carboxylic acids is 1. The summed E-state index contributed by atoms with van der Waals surface area (Å²) >= 11 is 0. The van der Waals surface area contributed by atoms with E-state index in [2.05, 4.69) is 31.3 Å². The first-order valence-corrected chi connectivity index (χ1v) is 25.4. The Morgan fingerprint density at radius 2 is 0.949 bits per heavy atom. The van der Waals surface area contributed by atoms with E-state index in [9.17, 15) is 30.3 Å². The predicted octanol–water partition coefficient (Wildman–Crippen LogP) is 11.3. The van der Waals surface area contributed by atoms with Crippen LogP contribution in [0.15, 0.2) is 12.2 Å². The number of aliphatic hydroxyl groups is 5. The molecule has 7 unspecified atom stereocenters. The van der Waals surface area contributed by atoms with Crippen molar-refractivity contribution in [3.63, 3.8) is 0 Å². The monoisotopic (exact) mass is 840 g/mol. The molecule has 0 spiro atoms. The lowest BCUT2D eigenvalue weighted by Gasteiger charge is -2.40. The minimum Gasteiger partial charge on any atom is -0.394 e. The van der Waals surface area contributed by atoms with Gasteiger partial charge in [0.05, 0.1) is 25.4 Å². The number of hydrogen-bond donors (Lipinski definition) is 6. The van der Waals surface area contributed by atoms with E-state index in [1.165, 1.54) is 180 Å². The predicted molar refractivity (Wildman–Crippen MR) is 244 cm³/mol. The smallest absolute Gasteiger partial charge is 0.220 e. The maximum atomic E-state index is 13.0. The van der Waals surface area contributed by atoms with Crippen molar-refractivity contribution in [3.05, 3.63) is 12.2 Å². The summed E-state index contributed by atoms with van der Waals surface area (Å²) in [6, 6.07) is -0.714. The summed E-state index contributed by atoms with van der Waals surface area (Å²) in [5.41, 5.74) is 0. The molecule has 59 heavy (non-hydrogen) atoms. The van der Waals surface area contributed by atoms with Crippen molar-refractivity contribution < 1.29 is 39.8 Å². The van der Waals surface area contributed by atoms with Crippen molar-refractivity contribution in [2.45, 2.75) is 288 Å². The van der Waals surface area contributed by atoms with Crippen molar-refractivity contribution in [2.24, 2.45) is 0 Å². The highest BCUT2D eigenvalue weighted by Crippen LogP contribution is 2.23. The summed E-state index contributed by atoms with van der Waals surface area (Å²) < 4.78 is 11.2. The highest BCUT2D eigenvalue weighted by molar-refractivity contribution is 5.76. The molecular weight excluding hydrogens is 743 g/mol. The molecule has 1 fully saturated rings. The second kappa shape index (κ2) is 41.0. The first-order valence-electron chi connectivity index (χ1n) is 25.4. The fourth-order valence-electron chi connectivity index (χ4n) is 8.27. The maximum absolute atomic E-state index is 13.0. The highest BCUT2D eigenvalue weighted by atomic mass is 16.7. The summed E-state index contributed by atoms with van der Waals surface area (Å²) in [4.78, 5) is 13.0. The molecule has 0 bridgehead atoms. The Kier molecular flexibility index (Phi) is 38.9. The van der Waals surface area contributed by atoms with Gasteiger partial charge in [-0.05, 0) is 38.5 Å². The Hall–Kier alpha value is -1.07. The van der Waals surface area contributed by atoms with E-state index < -0.39 is 49.5 Å². The fourth-order valence-corrected chi connectivity index (χ4v) is 8.27. The molecular formula is C50H97NO8. The van der Waals surface area contributed by atoms with Gasteiger partial charge in [-0.1, -0.05) is 212 Å². The van der Waals surface area contributed by atoms with Crippen LogP contribution in [0.3, 0.4) is 0 Å². The lowest BCUT2D eigenvalue weighted by molar-refractivity contribution is -0.302. The summed E-state index contributed by atoms with van der Waals surface area (Å²) in [7, 11) is 0. The zero-order chi connectivity index (χ0) is 43.0. The van der Waals surface area contributed by atoms with E-state index in [0.29, 0.717) is 12.8 Å². The molecule has 1 heterocycles. The second-order valence-corrected chi connectivity index (χ2v) is 18.0. The average Bonchev–Trinajstić information content (AvgIpc) is 3.23. The molecule has 0 aromatic rings. The number of amides is 1. The summed E-state index contributed by atoms with van der Waals surface area (Å²) in [5.74, 6) is -0.145. The van der Waals surface area contributed by atoms with E-state index in [1.807, 2.05) is 0 Å². The van der Waals surface area contributed by atoms with Gasteiger partial charge in [0, 0.05) is 6.42 Å². The van der Waals surface area contributed by atoms with E-state index in [0.717, 1.165) is 38.5 Å². The summed E-state index contributed by atoms with van der Waals surface area (Å²) in [6.45, 7) is 3.83. The largest absolute Gasteiger partial charge is 0.394 e. The molecule has 9 nitrogen and oxygen atoms in total. The third-order valence-corrected chi connectivity index (χ3v) is 12.4. The summed E-state index contributed by atoms with van der Waals surface area (Å²) in [5, 5.41) is 54.3. The number of hydrogen-bond acceptors (Lipinski definition) is 8. The molecule has 0 aliphatic carbocycles. The minimum absolute atomic E-state index is 0.135. The van der Waals surface area contributed by atoms with E-state index >= 15 is 0 Å². The molecule has 1 rings (SSSR count). The Bertz CT molecular complexity index is 935. The van der Waals surface area contributed by atoms with Crippen LogP contribution in [0.25, 0.3) is 0 Å². The minimum atomic E-state index is -1.55. The number of ether oxygens (including phenoxy) is 2. The van der Waals surface area contributed by atoms with E-state index in [4.69, 9.17) is 9.47 Å². The molecule has 9 heteroatoms. The van der Waals surface area contributed by atoms with Crippen LogP contribution in [0, 0.1) is 0 Å². The molecule has 6 N–H and O–H groups in total. The number of allylic oxidation sites excluding steroid dienone is 2. The fraction of sp³-hybridized carbons (Fsp3) is 0.940. The Labute approximate surface area is 363 Å². The highest BCUT2D eigenvalue weighted by Gasteiger charge is 2.44. The molecule has 1 saturated heterocycles. The van der Waals surface area contributed by atoms with Gasteiger partial charge >= 0.3 is 0 Å². The quantitative estimate of drug-likeness (QED) is 0.0263. The molecule has 0 saturated carbocycles. The first kappa shape index (κ1) is 55.9. The number of rotatable bonds is 43. The van der Waals surface area contributed by atoms with Crippen molar-refractivity contribution in [2.75, 3.05) is 13.2 Å².